The van der Waals surface area contributed by atoms with Crippen molar-refractivity contribution in [3.05, 3.63) is 23.8 Å². The molecule has 0 fully saturated rings. The summed E-state index contributed by atoms with van der Waals surface area (Å²) >= 11 is 4.14. The van der Waals surface area contributed by atoms with Gasteiger partial charge in [-0.1, -0.05) is 6.07 Å². The summed E-state index contributed by atoms with van der Waals surface area (Å²) in [5.74, 6) is -0.739. The van der Waals surface area contributed by atoms with Crippen LogP contribution in [0.5, 0.6) is 11.5 Å². The van der Waals surface area contributed by atoms with Gasteiger partial charge in [0.25, 0.3) is 0 Å². The van der Waals surface area contributed by atoms with E-state index in [0.29, 0.717) is 17.9 Å². The fraction of sp³-hybridized carbons (Fsp3) is 0.429. The van der Waals surface area contributed by atoms with Crippen molar-refractivity contribution >= 4 is 24.5 Å². The molecule has 1 aromatic carbocycles. The number of benzene rings is 1. The van der Waals surface area contributed by atoms with Crippen molar-refractivity contribution in [3.63, 3.8) is 0 Å². The number of ether oxygens (including phenoxy) is 2. The van der Waals surface area contributed by atoms with Gasteiger partial charge >= 0.3 is 5.97 Å². The third kappa shape index (κ3) is 3.83. The number of carboxylic acid groups (broad SMARTS) is 1. The van der Waals surface area contributed by atoms with Crippen LogP contribution in [0.4, 0.5) is 0 Å². The molecule has 0 bridgehead atoms. The van der Waals surface area contributed by atoms with Crippen molar-refractivity contribution in [1.29, 1.82) is 0 Å². The van der Waals surface area contributed by atoms with E-state index in [4.69, 9.17) is 19.7 Å². The van der Waals surface area contributed by atoms with E-state index < -0.39 is 30.4 Å². The minimum absolute atomic E-state index is 0.173. The first-order chi connectivity index (χ1) is 10.5. The van der Waals surface area contributed by atoms with Crippen molar-refractivity contribution in [3.8, 4) is 11.5 Å². The van der Waals surface area contributed by atoms with E-state index in [1.165, 1.54) is 0 Å². The van der Waals surface area contributed by atoms with E-state index in [-0.39, 0.29) is 12.5 Å². The first-order valence-electron chi connectivity index (χ1n) is 6.68. The van der Waals surface area contributed by atoms with Gasteiger partial charge in [0.1, 0.15) is 6.04 Å². The number of carboxylic acids is 1. The van der Waals surface area contributed by atoms with Crippen LogP contribution in [0.3, 0.4) is 0 Å². The second-order valence-electron chi connectivity index (χ2n) is 4.85. The molecule has 7 nitrogen and oxygen atoms in total. The third-order valence-corrected chi connectivity index (χ3v) is 3.75. The lowest BCUT2D eigenvalue weighted by atomic mass is 9.99. The fourth-order valence-electron chi connectivity index (χ4n) is 2.07. The number of amides is 1. The largest absolute Gasteiger partial charge is 0.480 e. The Hall–Kier alpha value is -1.93. The Balaban J connectivity index is 2.02. The number of hydrogen-bond acceptors (Lipinski definition) is 6. The molecule has 120 valence electrons. The minimum Gasteiger partial charge on any atom is -0.480 e. The zero-order chi connectivity index (χ0) is 16.1. The van der Waals surface area contributed by atoms with Gasteiger partial charge in [0.05, 0.1) is 12.5 Å². The van der Waals surface area contributed by atoms with Gasteiger partial charge in [0, 0.05) is 5.75 Å². The Morgan fingerprint density at radius 3 is 2.68 bits per heavy atom. The summed E-state index contributed by atoms with van der Waals surface area (Å²) in [6.45, 7) is -0.490. The SMILES string of the molecule is O=C(N[C@@H](CO)C(=O)O)C(CS)Cc1ccc2c(c1)OCO2. The molecule has 8 heteroatoms. The molecule has 0 aliphatic carbocycles. The van der Waals surface area contributed by atoms with Crippen LogP contribution >= 0.6 is 12.6 Å². The van der Waals surface area contributed by atoms with Crippen LogP contribution in [0.25, 0.3) is 0 Å². The van der Waals surface area contributed by atoms with Gasteiger partial charge in [-0.05, 0) is 24.1 Å². The molecule has 0 saturated carbocycles. The molecule has 1 aliphatic rings. The zero-order valence-corrected chi connectivity index (χ0v) is 12.6. The van der Waals surface area contributed by atoms with Gasteiger partial charge in [0.15, 0.2) is 11.5 Å². The quantitative estimate of drug-likeness (QED) is 0.528. The first kappa shape index (κ1) is 16.4. The van der Waals surface area contributed by atoms with E-state index in [1.54, 1.807) is 12.1 Å². The van der Waals surface area contributed by atoms with E-state index in [0.717, 1.165) is 5.56 Å². The summed E-state index contributed by atoms with van der Waals surface area (Å²) in [7, 11) is 0. The molecule has 22 heavy (non-hydrogen) atoms. The maximum absolute atomic E-state index is 12.1. The molecular formula is C14H17NO6S. The Kier molecular flexibility index (Phi) is 5.51. The lowest BCUT2D eigenvalue weighted by Crippen LogP contribution is -2.46. The van der Waals surface area contributed by atoms with Crippen LogP contribution < -0.4 is 14.8 Å². The number of rotatable bonds is 7. The van der Waals surface area contributed by atoms with E-state index in [1.807, 2.05) is 6.07 Å². The van der Waals surface area contributed by atoms with E-state index in [9.17, 15) is 9.59 Å². The molecule has 1 aliphatic heterocycles. The van der Waals surface area contributed by atoms with Gasteiger partial charge in [-0.15, -0.1) is 0 Å². The summed E-state index contributed by atoms with van der Waals surface area (Å²) in [6.07, 6.45) is 0.379. The van der Waals surface area contributed by atoms with Crippen molar-refractivity contribution in [2.45, 2.75) is 12.5 Å². The smallest absolute Gasteiger partial charge is 0.328 e. The third-order valence-electron chi connectivity index (χ3n) is 3.31. The Bertz CT molecular complexity index is 564. The predicted octanol–water partition coefficient (Wildman–Crippen LogP) is 0.0655. The minimum atomic E-state index is -1.31. The summed E-state index contributed by atoms with van der Waals surface area (Å²) in [5.41, 5.74) is 0.856. The van der Waals surface area contributed by atoms with E-state index in [2.05, 4.69) is 17.9 Å². The lowest BCUT2D eigenvalue weighted by Gasteiger charge is -2.18. The van der Waals surface area contributed by atoms with Gasteiger partial charge in [-0.2, -0.15) is 12.6 Å². The van der Waals surface area contributed by atoms with Gasteiger partial charge in [-0.3, -0.25) is 4.79 Å². The number of aliphatic hydroxyl groups is 1. The van der Waals surface area contributed by atoms with Gasteiger partial charge < -0.3 is 25.0 Å². The maximum atomic E-state index is 12.1. The second-order valence-corrected chi connectivity index (χ2v) is 5.22. The predicted molar refractivity (Wildman–Crippen MR) is 80.3 cm³/mol. The summed E-state index contributed by atoms with van der Waals surface area (Å²) in [5, 5.41) is 20.1. The van der Waals surface area contributed by atoms with Crippen molar-refractivity contribution in [2.75, 3.05) is 19.2 Å². The molecule has 3 N–H and O–H groups in total. The monoisotopic (exact) mass is 327 g/mol. The molecule has 0 aromatic heterocycles. The second kappa shape index (κ2) is 7.37. The van der Waals surface area contributed by atoms with Crippen LogP contribution in [0.15, 0.2) is 18.2 Å². The molecule has 1 aromatic rings. The fourth-order valence-corrected chi connectivity index (χ4v) is 2.36. The molecule has 1 amide bonds. The summed E-state index contributed by atoms with van der Waals surface area (Å²) in [6, 6.07) is 4.05. The topological polar surface area (TPSA) is 105 Å². The Labute approximate surface area is 132 Å². The highest BCUT2D eigenvalue weighted by molar-refractivity contribution is 7.80. The number of thiol groups is 1. The van der Waals surface area contributed by atoms with Crippen LogP contribution in [0, 0.1) is 5.92 Å². The zero-order valence-electron chi connectivity index (χ0n) is 11.7. The molecule has 2 rings (SSSR count). The van der Waals surface area contributed by atoms with Crippen molar-refractivity contribution in [2.24, 2.45) is 5.92 Å². The van der Waals surface area contributed by atoms with Crippen LogP contribution in [-0.4, -0.2) is 47.3 Å². The number of fused-ring (bicyclic) bond motifs is 1. The highest BCUT2D eigenvalue weighted by Crippen LogP contribution is 2.33. The molecule has 0 saturated heterocycles. The highest BCUT2D eigenvalue weighted by atomic mass is 32.1. The number of carbonyl (C=O) groups is 2. The summed E-state index contributed by atoms with van der Waals surface area (Å²) in [4.78, 5) is 22.9. The van der Waals surface area contributed by atoms with Crippen LogP contribution in [0.1, 0.15) is 5.56 Å². The standard InChI is InChI=1S/C14H17NO6S/c16-5-10(14(18)19)15-13(17)9(6-22)3-8-1-2-11-12(4-8)21-7-20-11/h1-2,4,9-10,16,22H,3,5-7H2,(H,15,17)(H,18,19)/t9?,10-/m0/s1. The number of aliphatic carboxylic acids is 1. The number of hydrogen-bond donors (Lipinski definition) is 4. The molecular weight excluding hydrogens is 310 g/mol. The molecule has 2 atom stereocenters. The molecule has 1 heterocycles. The van der Waals surface area contributed by atoms with E-state index >= 15 is 0 Å². The Morgan fingerprint density at radius 2 is 2.05 bits per heavy atom. The average Bonchev–Trinajstić information content (AvgIpc) is 2.97. The highest BCUT2D eigenvalue weighted by Gasteiger charge is 2.25. The number of aliphatic hydroxyl groups excluding tert-OH is 1. The van der Waals surface area contributed by atoms with Crippen LogP contribution in [-0.2, 0) is 16.0 Å². The van der Waals surface area contributed by atoms with Gasteiger partial charge in [-0.25, -0.2) is 4.79 Å². The number of carbonyl (C=O) groups excluding carboxylic acids is 1. The Morgan fingerprint density at radius 1 is 1.32 bits per heavy atom. The number of nitrogens with one attached hydrogen (secondary N) is 1. The first-order valence-corrected chi connectivity index (χ1v) is 7.31. The molecule has 1 unspecified atom stereocenters. The molecule has 0 radical (unpaired) electrons. The normalized spacial score (nSPS) is 15.2. The lowest BCUT2D eigenvalue weighted by molar-refractivity contribution is -0.143. The summed E-state index contributed by atoms with van der Waals surface area (Å²) < 4.78 is 10.5. The molecule has 0 spiro atoms. The van der Waals surface area contributed by atoms with Crippen molar-refractivity contribution < 1.29 is 29.3 Å². The maximum Gasteiger partial charge on any atom is 0.328 e. The van der Waals surface area contributed by atoms with Crippen molar-refractivity contribution in [1.82, 2.24) is 5.32 Å². The van der Waals surface area contributed by atoms with Crippen LogP contribution in [0.2, 0.25) is 0 Å². The van der Waals surface area contributed by atoms with Gasteiger partial charge in [0.2, 0.25) is 12.7 Å². The average molecular weight is 327 g/mol.